The second-order valence-corrected chi connectivity index (χ2v) is 10.4. The van der Waals surface area contributed by atoms with E-state index in [0.717, 1.165) is 19.3 Å². The topological polar surface area (TPSA) is 43.4 Å². The van der Waals surface area contributed by atoms with Crippen LogP contribution in [0.5, 0.6) is 0 Å². The lowest BCUT2D eigenvalue weighted by molar-refractivity contribution is 0.310. The molecule has 0 fully saturated rings. The first-order valence-electron chi connectivity index (χ1n) is 11.0. The molecule has 0 amide bonds. The Balaban J connectivity index is 0. The van der Waals surface area contributed by atoms with Crippen molar-refractivity contribution in [1.29, 1.82) is 0 Å². The molecule has 0 aromatic carbocycles. The minimum absolute atomic E-state index is 0.160. The number of hydrogen-bond acceptors (Lipinski definition) is 3. The second-order valence-electron chi connectivity index (χ2n) is 7.46. The van der Waals surface area contributed by atoms with Crippen LogP contribution >= 0.6 is 9.24 Å². The Kier molecular flexibility index (Phi) is 20.5. The lowest BCUT2D eigenvalue weighted by Crippen LogP contribution is -2.20. The fourth-order valence-corrected chi connectivity index (χ4v) is 4.42. The second kappa shape index (κ2) is 18.7. The highest BCUT2D eigenvalue weighted by Gasteiger charge is 2.22. The molecule has 160 valence electrons. The van der Waals surface area contributed by atoms with E-state index in [0.29, 0.717) is 18.2 Å². The molecule has 26 heavy (non-hydrogen) atoms. The van der Waals surface area contributed by atoms with E-state index < -0.39 is 10.1 Å². The molecule has 0 saturated carbocycles. The Morgan fingerprint density at radius 1 is 0.692 bits per heavy atom. The fraction of sp³-hybridized carbons (Fsp3) is 1.00. The molecule has 0 saturated heterocycles. The van der Waals surface area contributed by atoms with E-state index in [-0.39, 0.29) is 5.75 Å². The van der Waals surface area contributed by atoms with Crippen LogP contribution < -0.4 is 0 Å². The average molecular weight is 411 g/mol. The van der Waals surface area contributed by atoms with Gasteiger partial charge >= 0.3 is 0 Å². The summed E-state index contributed by atoms with van der Waals surface area (Å²) in [5, 5.41) is 0.571. The molecule has 0 aliphatic heterocycles. The normalized spacial score (nSPS) is 11.9. The average Bonchev–Trinajstić information content (AvgIpc) is 2.62. The highest BCUT2D eigenvalue weighted by atomic mass is 32.2. The monoisotopic (exact) mass is 410 g/mol. The summed E-state index contributed by atoms with van der Waals surface area (Å²) >= 11 is 0. The molecule has 0 bridgehead atoms. The molecule has 0 aromatic rings. The van der Waals surface area contributed by atoms with Crippen molar-refractivity contribution in [3.63, 3.8) is 0 Å². The van der Waals surface area contributed by atoms with Gasteiger partial charge < -0.3 is 0 Å². The molecule has 0 aliphatic carbocycles. The Hall–Kier alpha value is 0.340. The van der Waals surface area contributed by atoms with Crippen molar-refractivity contribution in [2.75, 3.05) is 12.4 Å². The van der Waals surface area contributed by atoms with E-state index in [9.17, 15) is 8.42 Å². The molecule has 0 aromatic heterocycles. The van der Waals surface area contributed by atoms with Crippen LogP contribution in [0.1, 0.15) is 118 Å². The van der Waals surface area contributed by atoms with E-state index in [1.807, 2.05) is 13.8 Å². The Morgan fingerprint density at radius 3 is 1.42 bits per heavy atom. The molecular weight excluding hydrogens is 363 g/mol. The molecule has 3 nitrogen and oxygen atoms in total. The SMILES string of the molecule is CCCCC(P)(CCCC)CCCC.CCCCOS(=O)(=O)CCCC. The zero-order valence-corrected chi connectivity index (χ0v) is 20.3. The van der Waals surface area contributed by atoms with E-state index in [2.05, 4.69) is 30.0 Å². The molecule has 0 radical (unpaired) electrons. The van der Waals surface area contributed by atoms with Crippen LogP contribution in [0.2, 0.25) is 0 Å². The van der Waals surface area contributed by atoms with Crippen LogP contribution in [-0.2, 0) is 14.3 Å². The maximum absolute atomic E-state index is 11.0. The van der Waals surface area contributed by atoms with Crippen LogP contribution in [0.15, 0.2) is 0 Å². The Labute approximate surface area is 167 Å². The minimum atomic E-state index is -3.22. The molecule has 0 heterocycles. The maximum atomic E-state index is 11.0. The van der Waals surface area contributed by atoms with Gasteiger partial charge in [-0.3, -0.25) is 4.18 Å². The molecule has 1 atom stereocenters. The lowest BCUT2D eigenvalue weighted by atomic mass is 9.90. The van der Waals surface area contributed by atoms with Gasteiger partial charge in [0.2, 0.25) is 0 Å². The predicted molar refractivity (Wildman–Crippen MR) is 121 cm³/mol. The molecule has 1 unspecified atom stereocenters. The van der Waals surface area contributed by atoms with Crippen molar-refractivity contribution < 1.29 is 12.6 Å². The summed E-state index contributed by atoms with van der Waals surface area (Å²) in [5.74, 6) is 0.160. The van der Waals surface area contributed by atoms with Crippen LogP contribution in [0.4, 0.5) is 0 Å². The molecular formula is C21H47O3PS. The summed E-state index contributed by atoms with van der Waals surface area (Å²) in [4.78, 5) is 0. The zero-order valence-electron chi connectivity index (χ0n) is 18.3. The van der Waals surface area contributed by atoms with Gasteiger partial charge in [0.15, 0.2) is 0 Å². The van der Waals surface area contributed by atoms with Gasteiger partial charge in [-0.25, -0.2) is 0 Å². The zero-order chi connectivity index (χ0) is 20.3. The van der Waals surface area contributed by atoms with E-state index >= 15 is 0 Å². The first-order valence-corrected chi connectivity index (χ1v) is 13.1. The summed E-state index contributed by atoms with van der Waals surface area (Å²) < 4.78 is 26.8. The molecule has 0 aliphatic rings. The summed E-state index contributed by atoms with van der Waals surface area (Å²) in [7, 11) is -0.0500. The smallest absolute Gasteiger partial charge is 0.267 e. The van der Waals surface area contributed by atoms with Crippen molar-refractivity contribution in [3.8, 4) is 0 Å². The van der Waals surface area contributed by atoms with Gasteiger partial charge in [-0.2, -0.15) is 8.42 Å². The van der Waals surface area contributed by atoms with Crippen molar-refractivity contribution in [3.05, 3.63) is 0 Å². The van der Waals surface area contributed by atoms with Crippen molar-refractivity contribution in [1.82, 2.24) is 0 Å². The maximum Gasteiger partial charge on any atom is 0.267 e. The third kappa shape index (κ3) is 19.1. The minimum Gasteiger partial charge on any atom is -0.270 e. The third-order valence-electron chi connectivity index (χ3n) is 4.59. The van der Waals surface area contributed by atoms with E-state index in [4.69, 9.17) is 4.18 Å². The van der Waals surface area contributed by atoms with Crippen LogP contribution in [0, 0.1) is 0 Å². The largest absolute Gasteiger partial charge is 0.270 e. The fourth-order valence-electron chi connectivity index (χ4n) is 2.67. The van der Waals surface area contributed by atoms with Gasteiger partial charge in [-0.1, -0.05) is 86.0 Å². The summed E-state index contributed by atoms with van der Waals surface area (Å²) in [6.07, 6.45) is 15.8. The quantitative estimate of drug-likeness (QED) is 0.155. The van der Waals surface area contributed by atoms with Gasteiger partial charge in [0.25, 0.3) is 10.1 Å². The Morgan fingerprint density at radius 2 is 1.08 bits per heavy atom. The number of unbranched alkanes of at least 4 members (excludes halogenated alkanes) is 5. The number of hydrogen-bond donors (Lipinski definition) is 0. The van der Waals surface area contributed by atoms with Gasteiger partial charge in [-0.05, 0) is 37.3 Å². The van der Waals surface area contributed by atoms with E-state index in [1.54, 1.807) is 0 Å². The standard InChI is InChI=1S/C13H29P.C8H18O3S/c1-4-7-10-13(14,11-8-5-2)12-9-6-3;1-3-5-7-11-12(9,10)8-6-4-2/h4-12,14H2,1-3H3;3-8H2,1-2H3. The first-order chi connectivity index (χ1) is 12.3. The van der Waals surface area contributed by atoms with Crippen molar-refractivity contribution >= 4 is 19.4 Å². The number of rotatable bonds is 16. The van der Waals surface area contributed by atoms with Crippen LogP contribution in [0.3, 0.4) is 0 Å². The molecule has 5 heteroatoms. The Bertz CT molecular complexity index is 361. The highest BCUT2D eigenvalue weighted by molar-refractivity contribution is 7.86. The predicted octanol–water partition coefficient (Wildman–Crippen LogP) is 7.10. The third-order valence-corrected chi connectivity index (χ3v) is 6.77. The summed E-state index contributed by atoms with van der Waals surface area (Å²) in [6, 6.07) is 0. The molecule has 0 rings (SSSR count). The summed E-state index contributed by atoms with van der Waals surface area (Å²) in [6.45, 7) is 11.2. The van der Waals surface area contributed by atoms with Crippen molar-refractivity contribution in [2.45, 2.75) is 123 Å². The van der Waals surface area contributed by atoms with Gasteiger partial charge in [-0.15, -0.1) is 9.24 Å². The van der Waals surface area contributed by atoms with Gasteiger partial charge in [0.05, 0.1) is 12.4 Å². The first kappa shape index (κ1) is 28.5. The van der Waals surface area contributed by atoms with Crippen molar-refractivity contribution in [2.24, 2.45) is 0 Å². The lowest BCUT2D eigenvalue weighted by Gasteiger charge is -2.29. The van der Waals surface area contributed by atoms with Crippen LogP contribution in [0.25, 0.3) is 0 Å². The van der Waals surface area contributed by atoms with Gasteiger partial charge in [0, 0.05) is 0 Å². The highest BCUT2D eigenvalue weighted by Crippen LogP contribution is 2.36. The van der Waals surface area contributed by atoms with Crippen LogP contribution in [-0.4, -0.2) is 25.9 Å². The molecule has 0 spiro atoms. The van der Waals surface area contributed by atoms with E-state index in [1.165, 1.54) is 57.8 Å². The summed E-state index contributed by atoms with van der Waals surface area (Å²) in [5.41, 5.74) is 0. The molecule has 0 N–H and O–H groups in total. The van der Waals surface area contributed by atoms with Gasteiger partial charge in [0.1, 0.15) is 0 Å².